The number of hydrogen-bond donors (Lipinski definition) is 0. The molecule has 4 heteroatoms. The Labute approximate surface area is 106 Å². The lowest BCUT2D eigenvalue weighted by Crippen LogP contribution is -2.38. The van der Waals surface area contributed by atoms with Crippen LogP contribution in [0.4, 0.5) is 0 Å². The number of likely N-dealkylation sites (tertiary alicyclic amines) is 1. The first-order valence-corrected chi connectivity index (χ1v) is 6.25. The Morgan fingerprint density at radius 1 is 1.41 bits per heavy atom. The lowest BCUT2D eigenvalue weighted by Gasteiger charge is -2.21. The fourth-order valence-electron chi connectivity index (χ4n) is 1.99. The Morgan fingerprint density at radius 2 is 2.12 bits per heavy atom. The molecular formula is C13H16ClNO2. The predicted octanol–water partition coefficient (Wildman–Crippen LogP) is 2.73. The molecule has 0 radical (unpaired) electrons. The van der Waals surface area contributed by atoms with E-state index >= 15 is 0 Å². The van der Waals surface area contributed by atoms with Gasteiger partial charge in [0.2, 0.25) is 0 Å². The first-order valence-electron chi connectivity index (χ1n) is 5.88. The first kappa shape index (κ1) is 12.2. The maximum Gasteiger partial charge on any atom is 0.263 e. The van der Waals surface area contributed by atoms with E-state index in [2.05, 4.69) is 0 Å². The lowest BCUT2D eigenvalue weighted by molar-refractivity contribution is -0.136. The molecule has 0 aromatic heterocycles. The second-order valence-corrected chi connectivity index (χ2v) is 4.69. The third kappa shape index (κ3) is 3.13. The van der Waals surface area contributed by atoms with E-state index in [1.807, 2.05) is 11.0 Å². The standard InChI is InChI=1S/C13H16ClNO2/c1-10(13(16)15-7-2-3-8-15)17-12-6-4-5-11(14)9-12/h4-6,9-10H,2-3,7-8H2,1H3/t10-/m0/s1. The molecule has 1 aromatic carbocycles. The molecule has 1 aliphatic rings. The summed E-state index contributed by atoms with van der Waals surface area (Å²) in [6, 6.07) is 7.11. The SMILES string of the molecule is C[C@H](Oc1cccc(Cl)c1)C(=O)N1CCCC1. The van der Waals surface area contributed by atoms with Crippen LogP contribution in [0.15, 0.2) is 24.3 Å². The van der Waals surface area contributed by atoms with E-state index < -0.39 is 6.10 Å². The smallest absolute Gasteiger partial charge is 0.263 e. The highest BCUT2D eigenvalue weighted by Crippen LogP contribution is 2.19. The highest BCUT2D eigenvalue weighted by Gasteiger charge is 2.24. The van der Waals surface area contributed by atoms with Gasteiger partial charge in [-0.15, -0.1) is 0 Å². The molecule has 1 fully saturated rings. The third-order valence-corrected chi connectivity index (χ3v) is 3.11. The monoisotopic (exact) mass is 253 g/mol. The van der Waals surface area contributed by atoms with Gasteiger partial charge in [-0.05, 0) is 38.0 Å². The van der Waals surface area contributed by atoms with E-state index in [0.29, 0.717) is 10.8 Å². The summed E-state index contributed by atoms with van der Waals surface area (Å²) in [4.78, 5) is 13.9. The average Bonchev–Trinajstić information content (AvgIpc) is 2.81. The van der Waals surface area contributed by atoms with Gasteiger partial charge in [-0.25, -0.2) is 0 Å². The van der Waals surface area contributed by atoms with E-state index in [0.717, 1.165) is 25.9 Å². The number of ether oxygens (including phenoxy) is 1. The number of rotatable bonds is 3. The van der Waals surface area contributed by atoms with Gasteiger partial charge in [-0.3, -0.25) is 4.79 Å². The van der Waals surface area contributed by atoms with Gasteiger partial charge in [0.15, 0.2) is 6.10 Å². The summed E-state index contributed by atoms with van der Waals surface area (Å²) in [6.45, 7) is 3.48. The number of benzene rings is 1. The summed E-state index contributed by atoms with van der Waals surface area (Å²) in [5.74, 6) is 0.694. The van der Waals surface area contributed by atoms with Crippen LogP contribution >= 0.6 is 11.6 Å². The Morgan fingerprint density at radius 3 is 2.76 bits per heavy atom. The highest BCUT2D eigenvalue weighted by atomic mass is 35.5. The largest absolute Gasteiger partial charge is 0.481 e. The summed E-state index contributed by atoms with van der Waals surface area (Å²) in [5, 5.41) is 0.614. The Kier molecular flexibility index (Phi) is 3.89. The van der Waals surface area contributed by atoms with Gasteiger partial charge >= 0.3 is 0 Å². The Hall–Kier alpha value is -1.22. The minimum atomic E-state index is -0.452. The topological polar surface area (TPSA) is 29.5 Å². The molecule has 0 saturated carbocycles. The summed E-state index contributed by atoms with van der Waals surface area (Å²) in [7, 11) is 0. The molecular weight excluding hydrogens is 238 g/mol. The second kappa shape index (κ2) is 5.41. The molecule has 17 heavy (non-hydrogen) atoms. The van der Waals surface area contributed by atoms with E-state index in [4.69, 9.17) is 16.3 Å². The molecule has 0 bridgehead atoms. The fourth-order valence-corrected chi connectivity index (χ4v) is 2.17. The highest BCUT2D eigenvalue weighted by molar-refractivity contribution is 6.30. The fraction of sp³-hybridized carbons (Fsp3) is 0.462. The van der Waals surface area contributed by atoms with Crippen LogP contribution in [0, 0.1) is 0 Å². The number of carbonyl (C=O) groups excluding carboxylic acids is 1. The minimum absolute atomic E-state index is 0.0578. The van der Waals surface area contributed by atoms with Gasteiger partial charge in [-0.1, -0.05) is 17.7 Å². The third-order valence-electron chi connectivity index (χ3n) is 2.87. The first-order chi connectivity index (χ1) is 8.16. The molecule has 1 heterocycles. The van der Waals surface area contributed by atoms with Crippen molar-refractivity contribution in [1.29, 1.82) is 0 Å². The summed E-state index contributed by atoms with van der Waals surface area (Å²) in [5.41, 5.74) is 0. The summed E-state index contributed by atoms with van der Waals surface area (Å²) in [6.07, 6.45) is 1.73. The van der Waals surface area contributed by atoms with E-state index in [1.165, 1.54) is 0 Å². The second-order valence-electron chi connectivity index (χ2n) is 4.25. The number of nitrogens with zero attached hydrogens (tertiary/aromatic N) is 1. The van der Waals surface area contributed by atoms with Crippen molar-refractivity contribution in [3.63, 3.8) is 0 Å². The summed E-state index contributed by atoms with van der Waals surface area (Å²) >= 11 is 5.86. The van der Waals surface area contributed by atoms with Crippen LogP contribution in [0.5, 0.6) is 5.75 Å². The van der Waals surface area contributed by atoms with Gasteiger partial charge in [0, 0.05) is 18.1 Å². The van der Waals surface area contributed by atoms with E-state index in [1.54, 1.807) is 25.1 Å². The molecule has 1 aliphatic heterocycles. The van der Waals surface area contributed by atoms with Crippen molar-refractivity contribution >= 4 is 17.5 Å². The van der Waals surface area contributed by atoms with Crippen molar-refractivity contribution in [3.8, 4) is 5.75 Å². The molecule has 0 spiro atoms. The van der Waals surface area contributed by atoms with Crippen LogP contribution in [-0.4, -0.2) is 30.0 Å². The van der Waals surface area contributed by atoms with Crippen LogP contribution in [0.25, 0.3) is 0 Å². The number of amides is 1. The summed E-state index contributed by atoms with van der Waals surface area (Å²) < 4.78 is 5.59. The van der Waals surface area contributed by atoms with Gasteiger partial charge in [0.05, 0.1) is 0 Å². The molecule has 1 amide bonds. The molecule has 1 atom stereocenters. The van der Waals surface area contributed by atoms with Crippen molar-refractivity contribution in [2.45, 2.75) is 25.9 Å². The molecule has 3 nitrogen and oxygen atoms in total. The van der Waals surface area contributed by atoms with Gasteiger partial charge < -0.3 is 9.64 Å². The number of carbonyl (C=O) groups is 1. The minimum Gasteiger partial charge on any atom is -0.481 e. The van der Waals surface area contributed by atoms with Gasteiger partial charge in [0.1, 0.15) is 5.75 Å². The molecule has 2 rings (SSSR count). The van der Waals surface area contributed by atoms with Crippen molar-refractivity contribution in [2.75, 3.05) is 13.1 Å². The zero-order valence-electron chi connectivity index (χ0n) is 9.86. The maximum atomic E-state index is 12.0. The van der Waals surface area contributed by atoms with Crippen molar-refractivity contribution < 1.29 is 9.53 Å². The maximum absolute atomic E-state index is 12.0. The average molecular weight is 254 g/mol. The van der Waals surface area contributed by atoms with Crippen LogP contribution in [-0.2, 0) is 4.79 Å². The molecule has 0 N–H and O–H groups in total. The normalized spacial score (nSPS) is 16.9. The quantitative estimate of drug-likeness (QED) is 0.829. The van der Waals surface area contributed by atoms with Crippen LogP contribution in [0.1, 0.15) is 19.8 Å². The Balaban J connectivity index is 1.96. The molecule has 1 aromatic rings. The van der Waals surface area contributed by atoms with E-state index in [9.17, 15) is 4.79 Å². The van der Waals surface area contributed by atoms with Crippen LogP contribution in [0.2, 0.25) is 5.02 Å². The van der Waals surface area contributed by atoms with Gasteiger partial charge in [-0.2, -0.15) is 0 Å². The molecule has 1 saturated heterocycles. The lowest BCUT2D eigenvalue weighted by atomic mass is 10.3. The number of halogens is 1. The zero-order valence-corrected chi connectivity index (χ0v) is 10.6. The van der Waals surface area contributed by atoms with Crippen molar-refractivity contribution in [3.05, 3.63) is 29.3 Å². The number of hydrogen-bond acceptors (Lipinski definition) is 2. The molecule has 0 unspecified atom stereocenters. The Bertz CT molecular complexity index is 402. The van der Waals surface area contributed by atoms with Crippen molar-refractivity contribution in [1.82, 2.24) is 4.90 Å². The van der Waals surface area contributed by atoms with Crippen molar-refractivity contribution in [2.24, 2.45) is 0 Å². The molecule has 92 valence electrons. The predicted molar refractivity (Wildman–Crippen MR) is 67.4 cm³/mol. The molecule has 0 aliphatic carbocycles. The van der Waals surface area contributed by atoms with E-state index in [-0.39, 0.29) is 5.91 Å². The van der Waals surface area contributed by atoms with Crippen LogP contribution in [0.3, 0.4) is 0 Å². The van der Waals surface area contributed by atoms with Gasteiger partial charge in [0.25, 0.3) is 5.91 Å². The van der Waals surface area contributed by atoms with Crippen LogP contribution < -0.4 is 4.74 Å². The zero-order chi connectivity index (χ0) is 12.3.